The van der Waals surface area contributed by atoms with Gasteiger partial charge in [0.15, 0.2) is 0 Å². The maximum Gasteiger partial charge on any atom is 0.0553 e. The molecule has 18 heavy (non-hydrogen) atoms. The van der Waals surface area contributed by atoms with Crippen LogP contribution in [0.2, 0.25) is 0 Å². The minimum Gasteiger partial charge on any atom is -0.393 e. The molecule has 2 rings (SSSR count). The second kappa shape index (κ2) is 6.88. The van der Waals surface area contributed by atoms with E-state index in [-0.39, 0.29) is 6.10 Å². The van der Waals surface area contributed by atoms with Crippen LogP contribution in [-0.2, 0) is 0 Å². The van der Waals surface area contributed by atoms with Gasteiger partial charge in [0.2, 0.25) is 0 Å². The van der Waals surface area contributed by atoms with Crippen molar-refractivity contribution in [1.29, 1.82) is 0 Å². The highest BCUT2D eigenvalue weighted by molar-refractivity contribution is 4.89. The summed E-state index contributed by atoms with van der Waals surface area (Å²) in [5.74, 6) is 0.449. The van der Waals surface area contributed by atoms with Crippen LogP contribution >= 0.6 is 0 Å². The number of likely N-dealkylation sites (N-methyl/N-ethyl adjacent to an activating group) is 1. The Balaban J connectivity index is 1.95. The fraction of sp³-hybridized carbons (Fsp3) is 1.00. The zero-order valence-electron chi connectivity index (χ0n) is 12.1. The second-order valence-corrected chi connectivity index (χ2v) is 6.24. The molecule has 0 aromatic rings. The van der Waals surface area contributed by atoms with E-state index in [2.05, 4.69) is 17.1 Å². The van der Waals surface area contributed by atoms with E-state index in [4.69, 9.17) is 0 Å². The summed E-state index contributed by atoms with van der Waals surface area (Å²) in [6.45, 7) is 7.45. The molecule has 3 heteroatoms. The molecule has 0 aromatic heterocycles. The van der Waals surface area contributed by atoms with E-state index in [1.165, 1.54) is 38.6 Å². The Bertz CT molecular complexity index is 239. The van der Waals surface area contributed by atoms with Crippen LogP contribution in [-0.4, -0.2) is 47.8 Å². The number of likely N-dealkylation sites (tertiary alicyclic amines) is 1. The molecule has 2 aliphatic rings. The topological polar surface area (TPSA) is 35.5 Å². The molecule has 1 saturated carbocycles. The molecule has 3 nitrogen and oxygen atoms in total. The lowest BCUT2D eigenvalue weighted by molar-refractivity contribution is 0.0211. The molecule has 1 aliphatic heterocycles. The molecular formula is C15H30N2O. The summed E-state index contributed by atoms with van der Waals surface area (Å²) >= 11 is 0. The Hall–Kier alpha value is -0.120. The number of nitrogens with zero attached hydrogens (tertiary/aromatic N) is 1. The van der Waals surface area contributed by atoms with Crippen LogP contribution in [0.5, 0.6) is 0 Å². The Morgan fingerprint density at radius 2 is 1.94 bits per heavy atom. The highest BCUT2D eigenvalue weighted by Crippen LogP contribution is 2.28. The van der Waals surface area contributed by atoms with Gasteiger partial charge in [-0.25, -0.2) is 0 Å². The highest BCUT2D eigenvalue weighted by Gasteiger charge is 2.33. The van der Waals surface area contributed by atoms with Gasteiger partial charge in [-0.15, -0.1) is 0 Å². The van der Waals surface area contributed by atoms with Crippen molar-refractivity contribution in [2.45, 2.75) is 70.6 Å². The largest absolute Gasteiger partial charge is 0.393 e. The van der Waals surface area contributed by atoms with Gasteiger partial charge in [0.25, 0.3) is 0 Å². The molecule has 1 aliphatic carbocycles. The SMILES string of the molecule is CCNC1CC(C(C)O)CN(C2CCCCC2)C1. The lowest BCUT2D eigenvalue weighted by Gasteiger charge is -2.44. The van der Waals surface area contributed by atoms with Crippen LogP contribution in [0.3, 0.4) is 0 Å². The zero-order valence-corrected chi connectivity index (χ0v) is 12.1. The molecule has 106 valence electrons. The van der Waals surface area contributed by atoms with Crippen LogP contribution in [0, 0.1) is 5.92 Å². The third-order valence-electron chi connectivity index (χ3n) is 4.78. The predicted octanol–water partition coefficient (Wildman–Crippen LogP) is 2.00. The van der Waals surface area contributed by atoms with E-state index in [9.17, 15) is 5.11 Å². The molecule has 3 atom stereocenters. The summed E-state index contributed by atoms with van der Waals surface area (Å²) in [4.78, 5) is 2.66. The van der Waals surface area contributed by atoms with Crippen molar-refractivity contribution in [1.82, 2.24) is 10.2 Å². The molecule has 2 fully saturated rings. The van der Waals surface area contributed by atoms with Crippen LogP contribution in [0.15, 0.2) is 0 Å². The first-order valence-electron chi connectivity index (χ1n) is 7.86. The van der Waals surface area contributed by atoms with Crippen LogP contribution in [0.1, 0.15) is 52.4 Å². The second-order valence-electron chi connectivity index (χ2n) is 6.24. The lowest BCUT2D eigenvalue weighted by Crippen LogP contribution is -2.54. The van der Waals surface area contributed by atoms with E-state index in [1.54, 1.807) is 0 Å². The van der Waals surface area contributed by atoms with Gasteiger partial charge < -0.3 is 10.4 Å². The first-order chi connectivity index (χ1) is 8.70. The van der Waals surface area contributed by atoms with Crippen molar-refractivity contribution < 1.29 is 5.11 Å². The number of piperidine rings is 1. The minimum atomic E-state index is -0.169. The molecular weight excluding hydrogens is 224 g/mol. The van der Waals surface area contributed by atoms with Crippen molar-refractivity contribution in [3.63, 3.8) is 0 Å². The van der Waals surface area contributed by atoms with Gasteiger partial charge in [-0.1, -0.05) is 26.2 Å². The summed E-state index contributed by atoms with van der Waals surface area (Å²) < 4.78 is 0. The van der Waals surface area contributed by atoms with Gasteiger partial charge in [-0.05, 0) is 38.6 Å². The van der Waals surface area contributed by atoms with Gasteiger partial charge in [-0.2, -0.15) is 0 Å². The lowest BCUT2D eigenvalue weighted by atomic mass is 9.86. The van der Waals surface area contributed by atoms with Crippen molar-refractivity contribution in [2.75, 3.05) is 19.6 Å². The Labute approximate surface area is 112 Å². The summed E-state index contributed by atoms with van der Waals surface area (Å²) in [5, 5.41) is 13.5. The van der Waals surface area contributed by atoms with Gasteiger partial charge in [0, 0.05) is 25.2 Å². The first kappa shape index (κ1) is 14.3. The third-order valence-corrected chi connectivity index (χ3v) is 4.78. The predicted molar refractivity (Wildman–Crippen MR) is 75.7 cm³/mol. The standard InChI is InChI=1S/C15H30N2O/c1-3-16-14-9-13(12(2)18)10-17(11-14)15-7-5-4-6-8-15/h12-16,18H,3-11H2,1-2H3. The number of aliphatic hydroxyl groups is 1. The molecule has 0 bridgehead atoms. The molecule has 3 unspecified atom stereocenters. The van der Waals surface area contributed by atoms with E-state index in [1.807, 2.05) is 6.92 Å². The Morgan fingerprint density at radius 3 is 2.56 bits per heavy atom. The average molecular weight is 254 g/mol. The van der Waals surface area contributed by atoms with Gasteiger partial charge >= 0.3 is 0 Å². The van der Waals surface area contributed by atoms with E-state index in [0.717, 1.165) is 25.6 Å². The first-order valence-corrected chi connectivity index (χ1v) is 7.86. The highest BCUT2D eigenvalue weighted by atomic mass is 16.3. The molecule has 0 amide bonds. The monoisotopic (exact) mass is 254 g/mol. The average Bonchev–Trinajstić information content (AvgIpc) is 2.40. The van der Waals surface area contributed by atoms with E-state index >= 15 is 0 Å². The third kappa shape index (κ3) is 3.69. The summed E-state index contributed by atoms with van der Waals surface area (Å²) in [6.07, 6.45) is 7.91. The summed E-state index contributed by atoms with van der Waals surface area (Å²) in [7, 11) is 0. The number of aliphatic hydroxyl groups excluding tert-OH is 1. The molecule has 0 radical (unpaired) electrons. The molecule has 1 heterocycles. The van der Waals surface area contributed by atoms with Gasteiger partial charge in [-0.3, -0.25) is 4.90 Å². The van der Waals surface area contributed by atoms with Crippen LogP contribution in [0.25, 0.3) is 0 Å². The van der Waals surface area contributed by atoms with Crippen LogP contribution in [0.4, 0.5) is 0 Å². The van der Waals surface area contributed by atoms with Crippen molar-refractivity contribution in [2.24, 2.45) is 5.92 Å². The summed E-state index contributed by atoms with van der Waals surface area (Å²) in [5.41, 5.74) is 0. The molecule has 2 N–H and O–H groups in total. The summed E-state index contributed by atoms with van der Waals surface area (Å²) in [6, 6.07) is 1.35. The normalized spacial score (nSPS) is 33.5. The van der Waals surface area contributed by atoms with Crippen molar-refractivity contribution in [3.8, 4) is 0 Å². The quantitative estimate of drug-likeness (QED) is 0.805. The van der Waals surface area contributed by atoms with E-state index in [0.29, 0.717) is 12.0 Å². The Morgan fingerprint density at radius 1 is 1.22 bits per heavy atom. The molecule has 0 spiro atoms. The fourth-order valence-electron chi connectivity index (χ4n) is 3.70. The van der Waals surface area contributed by atoms with Crippen molar-refractivity contribution >= 4 is 0 Å². The number of hydrogen-bond acceptors (Lipinski definition) is 3. The van der Waals surface area contributed by atoms with Crippen LogP contribution < -0.4 is 5.32 Å². The van der Waals surface area contributed by atoms with Gasteiger partial charge in [0.05, 0.1) is 6.10 Å². The number of rotatable bonds is 4. The van der Waals surface area contributed by atoms with Crippen molar-refractivity contribution in [3.05, 3.63) is 0 Å². The number of nitrogens with one attached hydrogen (secondary N) is 1. The fourth-order valence-corrected chi connectivity index (χ4v) is 3.70. The maximum atomic E-state index is 9.92. The smallest absolute Gasteiger partial charge is 0.0553 e. The Kier molecular flexibility index (Phi) is 5.46. The zero-order chi connectivity index (χ0) is 13.0. The van der Waals surface area contributed by atoms with E-state index < -0.39 is 0 Å². The van der Waals surface area contributed by atoms with Gasteiger partial charge in [0.1, 0.15) is 0 Å². The maximum absolute atomic E-state index is 9.92. The molecule has 0 aromatic carbocycles. The molecule has 1 saturated heterocycles. The number of hydrogen-bond donors (Lipinski definition) is 2. The minimum absolute atomic E-state index is 0.169.